The summed E-state index contributed by atoms with van der Waals surface area (Å²) in [4.78, 5) is 48.3. The Morgan fingerprint density at radius 1 is 0.500 bits per heavy atom. The van der Waals surface area contributed by atoms with Gasteiger partial charge in [0.1, 0.15) is 18.3 Å². The van der Waals surface area contributed by atoms with Crippen molar-refractivity contribution in [3.8, 4) is 0 Å². The fraction of sp³-hybridized carbons (Fsp3) is 1.00. The molecule has 0 aromatic carbocycles. The van der Waals surface area contributed by atoms with E-state index in [1.165, 1.54) is 0 Å². The molecule has 0 rings (SSSR count). The van der Waals surface area contributed by atoms with Crippen LogP contribution in [0.2, 0.25) is 0 Å². The van der Waals surface area contributed by atoms with E-state index in [9.17, 15) is 13.7 Å². The van der Waals surface area contributed by atoms with Crippen LogP contribution in [0.3, 0.4) is 0 Å². The van der Waals surface area contributed by atoms with Crippen molar-refractivity contribution < 1.29 is 121 Å². The first-order chi connectivity index (χ1) is 13.4. The zero-order valence-electron chi connectivity index (χ0n) is 15.8. The van der Waals surface area contributed by atoms with Crippen LogP contribution < -0.4 is 0 Å². The predicted octanol–water partition coefficient (Wildman–Crippen LogP) is -4.66. The molecule has 23 heteroatoms. The minimum absolute atomic E-state index is 0. The zero-order valence-corrected chi connectivity index (χ0v) is 20.7. The Labute approximate surface area is 202 Å². The van der Waals surface area contributed by atoms with E-state index < -0.39 is 81.4 Å². The molecule has 0 saturated heterocycles. The Bertz CT molecular complexity index is 474. The van der Waals surface area contributed by atoms with Gasteiger partial charge in [-0.2, -0.15) is 0 Å². The van der Waals surface area contributed by atoms with Gasteiger partial charge in [0.25, 0.3) is 0 Å². The molecule has 3 atom stereocenters. The third-order valence-corrected chi connectivity index (χ3v) is 3.39. The van der Waals surface area contributed by atoms with Crippen LogP contribution in [0, 0.1) is 0 Å². The summed E-state index contributed by atoms with van der Waals surface area (Å²) in [7, 11) is -13.5. The van der Waals surface area contributed by atoms with Crippen molar-refractivity contribution in [2.45, 2.75) is 18.3 Å². The van der Waals surface area contributed by atoms with Gasteiger partial charge in [-0.05, 0) is 0 Å². The molecule has 32 heavy (non-hydrogen) atoms. The molecule has 0 saturated carbocycles. The SMILES string of the molecule is O=P(O)(O)OCC(O)CO.O=P(O)(O)OCC(O)CO.O=P(O)(O)OCC(O)CO.[Fe].[Fe]. The van der Waals surface area contributed by atoms with Crippen LogP contribution in [-0.4, -0.2) is 118 Å². The van der Waals surface area contributed by atoms with Crippen molar-refractivity contribution in [2.75, 3.05) is 39.6 Å². The van der Waals surface area contributed by atoms with E-state index in [2.05, 4.69) is 13.6 Å². The van der Waals surface area contributed by atoms with Crippen molar-refractivity contribution in [3.05, 3.63) is 0 Å². The van der Waals surface area contributed by atoms with Gasteiger partial charge in [0.05, 0.1) is 39.6 Å². The maximum absolute atomic E-state index is 9.93. The van der Waals surface area contributed by atoms with Crippen LogP contribution >= 0.6 is 23.5 Å². The fourth-order valence-corrected chi connectivity index (χ4v) is 1.81. The zero-order chi connectivity index (χ0) is 24.6. The van der Waals surface area contributed by atoms with Gasteiger partial charge in [0.2, 0.25) is 0 Å². The average molecular weight is 628 g/mol. The summed E-state index contributed by atoms with van der Waals surface area (Å²) in [5.74, 6) is 0. The van der Waals surface area contributed by atoms with Crippen LogP contribution in [0.25, 0.3) is 0 Å². The van der Waals surface area contributed by atoms with Gasteiger partial charge in [0, 0.05) is 34.1 Å². The number of hydrogen-bond acceptors (Lipinski definition) is 12. The number of aliphatic hydroxyl groups is 6. The molecule has 202 valence electrons. The van der Waals surface area contributed by atoms with E-state index in [0.29, 0.717) is 0 Å². The fourth-order valence-electron chi connectivity index (χ4n) is 0.708. The minimum Gasteiger partial charge on any atom is -0.394 e. The molecule has 18 nitrogen and oxygen atoms in total. The van der Waals surface area contributed by atoms with Gasteiger partial charge in [-0.3, -0.25) is 13.6 Å². The molecule has 0 aromatic rings. The summed E-state index contributed by atoms with van der Waals surface area (Å²) in [5, 5.41) is 50.0. The summed E-state index contributed by atoms with van der Waals surface area (Å²) >= 11 is 0. The van der Waals surface area contributed by atoms with Crippen LogP contribution in [0.5, 0.6) is 0 Å². The predicted molar refractivity (Wildman–Crippen MR) is 93.3 cm³/mol. The average Bonchev–Trinajstić information content (AvgIpc) is 2.61. The van der Waals surface area contributed by atoms with E-state index in [-0.39, 0.29) is 34.1 Å². The van der Waals surface area contributed by atoms with E-state index in [1.807, 2.05) is 0 Å². The van der Waals surface area contributed by atoms with Crippen molar-refractivity contribution in [2.24, 2.45) is 0 Å². The summed E-state index contributed by atoms with van der Waals surface area (Å²) in [6, 6.07) is 0. The number of aliphatic hydroxyl groups excluding tert-OH is 6. The first-order valence-corrected chi connectivity index (χ1v) is 11.9. The third kappa shape index (κ3) is 44.7. The minimum atomic E-state index is -4.50. The van der Waals surface area contributed by atoms with Crippen molar-refractivity contribution in [1.29, 1.82) is 0 Å². The second-order valence-corrected chi connectivity index (χ2v) is 8.59. The molecule has 0 aliphatic carbocycles. The normalized spacial score (nSPS) is 14.2. The molecule has 0 aromatic heterocycles. The van der Waals surface area contributed by atoms with Crippen molar-refractivity contribution in [3.63, 3.8) is 0 Å². The Hall–Kier alpha value is 1.13. The Balaban J connectivity index is -0.000000110. The molecule has 0 aliphatic rings. The van der Waals surface area contributed by atoms with Crippen molar-refractivity contribution in [1.82, 2.24) is 0 Å². The van der Waals surface area contributed by atoms with E-state index >= 15 is 0 Å². The number of rotatable bonds is 12. The quantitative estimate of drug-likeness (QED) is 0.0714. The molecule has 0 spiro atoms. The van der Waals surface area contributed by atoms with Gasteiger partial charge in [-0.25, -0.2) is 13.7 Å². The summed E-state index contributed by atoms with van der Waals surface area (Å²) in [6.45, 7) is -3.46. The monoisotopic (exact) mass is 628 g/mol. The van der Waals surface area contributed by atoms with E-state index in [4.69, 9.17) is 60.0 Å². The number of phosphoric ester groups is 3. The molecule has 0 heterocycles. The largest absolute Gasteiger partial charge is 0.469 e. The molecular formula is C9H27Fe2O18P3. The van der Waals surface area contributed by atoms with Crippen LogP contribution in [0.1, 0.15) is 0 Å². The molecule has 0 fully saturated rings. The third-order valence-electron chi connectivity index (χ3n) is 1.94. The summed E-state index contributed by atoms with van der Waals surface area (Å²) in [5.41, 5.74) is 0. The molecule has 0 radical (unpaired) electrons. The van der Waals surface area contributed by atoms with E-state index in [1.54, 1.807) is 0 Å². The first kappa shape index (κ1) is 43.2. The molecular weight excluding hydrogens is 601 g/mol. The number of phosphoric acid groups is 3. The molecule has 0 bridgehead atoms. The number of hydrogen-bond donors (Lipinski definition) is 12. The second kappa shape index (κ2) is 22.6. The summed E-state index contributed by atoms with van der Waals surface area (Å²) in [6.07, 6.45) is -3.73. The van der Waals surface area contributed by atoms with Crippen LogP contribution in [0.4, 0.5) is 0 Å². The van der Waals surface area contributed by atoms with Crippen LogP contribution in [-0.2, 0) is 61.4 Å². The molecule has 12 N–H and O–H groups in total. The Morgan fingerprint density at radius 3 is 0.750 bits per heavy atom. The Kier molecular flexibility index (Phi) is 30.5. The maximum Gasteiger partial charge on any atom is 0.469 e. The Morgan fingerprint density at radius 2 is 0.656 bits per heavy atom. The van der Waals surface area contributed by atoms with Crippen molar-refractivity contribution >= 4 is 23.5 Å². The smallest absolute Gasteiger partial charge is 0.394 e. The summed E-state index contributed by atoms with van der Waals surface area (Å²) < 4.78 is 41.3. The molecule has 0 aliphatic heterocycles. The topological polar surface area (TPSA) is 322 Å². The second-order valence-electron chi connectivity index (χ2n) is 4.87. The van der Waals surface area contributed by atoms with Gasteiger partial charge in [-0.1, -0.05) is 0 Å². The van der Waals surface area contributed by atoms with Gasteiger partial charge in [0.15, 0.2) is 0 Å². The first-order valence-electron chi connectivity index (χ1n) is 7.33. The van der Waals surface area contributed by atoms with Gasteiger partial charge in [-0.15, -0.1) is 0 Å². The standard InChI is InChI=1S/3C3H9O6P.2Fe/c3*4-1-3(5)2-9-10(6,7)8;;/h3*3-5H,1-2H2,(H2,6,7,8);;. The van der Waals surface area contributed by atoms with E-state index in [0.717, 1.165) is 0 Å². The molecule has 0 amide bonds. The van der Waals surface area contributed by atoms with Gasteiger partial charge < -0.3 is 60.0 Å². The van der Waals surface area contributed by atoms with Crippen LogP contribution in [0.15, 0.2) is 0 Å². The molecule has 3 unspecified atom stereocenters. The van der Waals surface area contributed by atoms with Gasteiger partial charge >= 0.3 is 23.5 Å². The maximum atomic E-state index is 9.93.